The third-order valence-electron chi connectivity index (χ3n) is 4.99. The summed E-state index contributed by atoms with van der Waals surface area (Å²) in [6.45, 7) is 2.66. The molecule has 0 aliphatic carbocycles. The lowest BCUT2D eigenvalue weighted by Gasteiger charge is -2.16. The van der Waals surface area contributed by atoms with Crippen molar-refractivity contribution in [2.75, 3.05) is 11.9 Å². The van der Waals surface area contributed by atoms with Crippen LogP contribution in [0.4, 0.5) is 5.82 Å². The third kappa shape index (κ3) is 3.67. The summed E-state index contributed by atoms with van der Waals surface area (Å²) in [5.74, 6) is 0.396. The zero-order valence-electron chi connectivity index (χ0n) is 15.2. The van der Waals surface area contributed by atoms with Crippen LogP contribution in [-0.4, -0.2) is 23.3 Å². The summed E-state index contributed by atoms with van der Waals surface area (Å²) in [6.07, 6.45) is 3.34. The Morgan fingerprint density at radius 1 is 1.15 bits per heavy atom. The fourth-order valence-electron chi connectivity index (χ4n) is 3.46. The van der Waals surface area contributed by atoms with E-state index in [1.807, 2.05) is 18.2 Å². The average molecular weight is 359 g/mol. The van der Waals surface area contributed by atoms with E-state index in [1.165, 1.54) is 28.1 Å². The molecule has 27 heavy (non-hydrogen) atoms. The van der Waals surface area contributed by atoms with E-state index in [0.29, 0.717) is 30.8 Å². The van der Waals surface area contributed by atoms with E-state index < -0.39 is 0 Å². The molecule has 0 saturated carbocycles. The Morgan fingerprint density at radius 2 is 1.93 bits per heavy atom. The first-order chi connectivity index (χ1) is 13.1. The molecule has 5 nitrogen and oxygen atoms in total. The number of aromatic nitrogens is 1. The maximum absolute atomic E-state index is 12.4. The molecular formula is C22H21N3O2. The minimum Gasteiger partial charge on any atom is -0.352 e. The molecule has 2 aromatic carbocycles. The number of pyridine rings is 1. The van der Waals surface area contributed by atoms with Crippen LogP contribution in [0.1, 0.15) is 33.5 Å². The summed E-state index contributed by atoms with van der Waals surface area (Å²) >= 11 is 0. The molecule has 2 heterocycles. The van der Waals surface area contributed by atoms with Gasteiger partial charge in [0.15, 0.2) is 0 Å². The van der Waals surface area contributed by atoms with Crippen LogP contribution < -0.4 is 10.6 Å². The number of hydrogen-bond acceptors (Lipinski definition) is 3. The number of amides is 2. The molecule has 0 saturated heterocycles. The Bertz CT molecular complexity index is 1040. The second-order valence-electron chi connectivity index (χ2n) is 6.91. The molecule has 0 fully saturated rings. The van der Waals surface area contributed by atoms with E-state index in [9.17, 15) is 9.59 Å². The maximum atomic E-state index is 12.4. The first-order valence-corrected chi connectivity index (χ1v) is 9.15. The number of rotatable bonds is 4. The fraction of sp³-hybridized carbons (Fsp3) is 0.227. The van der Waals surface area contributed by atoms with Crippen molar-refractivity contribution >= 4 is 28.4 Å². The van der Waals surface area contributed by atoms with Crippen molar-refractivity contribution in [1.82, 2.24) is 10.3 Å². The number of carbonyl (C=O) groups excluding carboxylic acids is 2. The minimum absolute atomic E-state index is 0.0297. The molecule has 2 N–H and O–H groups in total. The van der Waals surface area contributed by atoms with Gasteiger partial charge in [0.1, 0.15) is 5.82 Å². The second kappa shape index (κ2) is 7.19. The van der Waals surface area contributed by atoms with Gasteiger partial charge >= 0.3 is 0 Å². The first kappa shape index (κ1) is 17.2. The van der Waals surface area contributed by atoms with Crippen molar-refractivity contribution < 1.29 is 9.59 Å². The maximum Gasteiger partial charge on any atom is 0.252 e. The van der Waals surface area contributed by atoms with E-state index >= 15 is 0 Å². The standard InChI is InChI=1S/C22H21N3O2/c1-14-10-16-4-2-3-5-17(16)11-15(14)8-9-23-22(27)19-12-18-6-7-20(26)25-21(18)24-13-19/h2-5,10-13H,6-9H2,1H3,(H,23,27)(H,24,25,26). The highest BCUT2D eigenvalue weighted by Crippen LogP contribution is 2.21. The first-order valence-electron chi connectivity index (χ1n) is 9.15. The number of fused-ring (bicyclic) bond motifs is 2. The van der Waals surface area contributed by atoms with Crippen LogP contribution >= 0.6 is 0 Å². The largest absolute Gasteiger partial charge is 0.352 e. The molecule has 136 valence electrons. The predicted octanol–water partition coefficient (Wildman–Crippen LogP) is 3.40. The highest BCUT2D eigenvalue weighted by atomic mass is 16.2. The molecule has 1 aliphatic heterocycles. The molecule has 0 atom stereocenters. The number of nitrogens with zero attached hydrogens (tertiary/aromatic N) is 1. The number of nitrogens with one attached hydrogen (secondary N) is 2. The van der Waals surface area contributed by atoms with Crippen LogP contribution in [0.2, 0.25) is 0 Å². The van der Waals surface area contributed by atoms with Crippen LogP contribution in [0.3, 0.4) is 0 Å². The summed E-state index contributed by atoms with van der Waals surface area (Å²) in [5, 5.41) is 8.15. The van der Waals surface area contributed by atoms with Gasteiger partial charge in [-0.15, -0.1) is 0 Å². The summed E-state index contributed by atoms with van der Waals surface area (Å²) in [6, 6.07) is 14.5. The van der Waals surface area contributed by atoms with E-state index in [2.05, 4.69) is 46.8 Å². The summed E-state index contributed by atoms with van der Waals surface area (Å²) in [4.78, 5) is 28.1. The van der Waals surface area contributed by atoms with Gasteiger partial charge in [0.05, 0.1) is 5.56 Å². The van der Waals surface area contributed by atoms with Gasteiger partial charge in [0.25, 0.3) is 5.91 Å². The van der Waals surface area contributed by atoms with Gasteiger partial charge in [0.2, 0.25) is 5.91 Å². The Morgan fingerprint density at radius 3 is 2.74 bits per heavy atom. The summed E-state index contributed by atoms with van der Waals surface area (Å²) in [7, 11) is 0. The van der Waals surface area contributed by atoms with Gasteiger partial charge < -0.3 is 10.6 Å². The molecular weight excluding hydrogens is 338 g/mol. The number of carbonyl (C=O) groups is 2. The molecule has 0 spiro atoms. The van der Waals surface area contributed by atoms with Gasteiger partial charge in [-0.3, -0.25) is 9.59 Å². The Kier molecular flexibility index (Phi) is 4.59. The van der Waals surface area contributed by atoms with Crippen LogP contribution in [0.5, 0.6) is 0 Å². The molecule has 1 aromatic heterocycles. The van der Waals surface area contributed by atoms with Crippen LogP contribution in [0.25, 0.3) is 10.8 Å². The molecule has 3 aromatic rings. The molecule has 0 unspecified atom stereocenters. The topological polar surface area (TPSA) is 71.1 Å². The zero-order chi connectivity index (χ0) is 18.8. The van der Waals surface area contributed by atoms with Crippen LogP contribution in [-0.2, 0) is 17.6 Å². The van der Waals surface area contributed by atoms with Crippen molar-refractivity contribution in [2.45, 2.75) is 26.2 Å². The minimum atomic E-state index is -0.138. The molecule has 2 amide bonds. The van der Waals surface area contributed by atoms with Gasteiger partial charge in [-0.1, -0.05) is 36.4 Å². The smallest absolute Gasteiger partial charge is 0.252 e. The number of hydrogen-bond donors (Lipinski definition) is 2. The fourth-order valence-corrected chi connectivity index (χ4v) is 3.46. The van der Waals surface area contributed by atoms with Crippen molar-refractivity contribution in [2.24, 2.45) is 0 Å². The quantitative estimate of drug-likeness (QED) is 0.750. The van der Waals surface area contributed by atoms with Crippen LogP contribution in [0, 0.1) is 6.92 Å². The summed E-state index contributed by atoms with van der Waals surface area (Å²) in [5.41, 5.74) is 3.90. The average Bonchev–Trinajstić information content (AvgIpc) is 2.67. The Balaban J connectivity index is 1.41. The number of benzene rings is 2. The van der Waals surface area contributed by atoms with Crippen molar-refractivity contribution in [3.05, 3.63) is 70.9 Å². The molecule has 0 radical (unpaired) electrons. The second-order valence-corrected chi connectivity index (χ2v) is 6.91. The van der Waals surface area contributed by atoms with E-state index in [-0.39, 0.29) is 11.8 Å². The monoisotopic (exact) mass is 359 g/mol. The molecule has 1 aliphatic rings. The van der Waals surface area contributed by atoms with Gasteiger partial charge in [-0.05, 0) is 53.3 Å². The van der Waals surface area contributed by atoms with E-state index in [4.69, 9.17) is 0 Å². The number of aryl methyl sites for hydroxylation is 2. The molecule has 5 heteroatoms. The van der Waals surface area contributed by atoms with Crippen LogP contribution in [0.15, 0.2) is 48.7 Å². The zero-order valence-corrected chi connectivity index (χ0v) is 15.2. The number of anilines is 1. The third-order valence-corrected chi connectivity index (χ3v) is 4.99. The Hall–Kier alpha value is -3.21. The highest BCUT2D eigenvalue weighted by Gasteiger charge is 2.17. The summed E-state index contributed by atoms with van der Waals surface area (Å²) < 4.78 is 0. The lowest BCUT2D eigenvalue weighted by molar-refractivity contribution is -0.116. The van der Waals surface area contributed by atoms with E-state index in [1.54, 1.807) is 0 Å². The van der Waals surface area contributed by atoms with Crippen molar-refractivity contribution in [1.29, 1.82) is 0 Å². The Labute approximate surface area is 157 Å². The SMILES string of the molecule is Cc1cc2ccccc2cc1CCNC(=O)c1cnc2c(c1)CCC(=O)N2. The molecule has 0 bridgehead atoms. The van der Waals surface area contributed by atoms with E-state index in [0.717, 1.165) is 12.0 Å². The van der Waals surface area contributed by atoms with Gasteiger partial charge in [0, 0.05) is 19.2 Å². The lowest BCUT2D eigenvalue weighted by Crippen LogP contribution is -2.27. The molecule has 4 rings (SSSR count). The lowest BCUT2D eigenvalue weighted by atomic mass is 10.00. The van der Waals surface area contributed by atoms with Crippen molar-refractivity contribution in [3.8, 4) is 0 Å². The van der Waals surface area contributed by atoms with Gasteiger partial charge in [-0.25, -0.2) is 4.98 Å². The normalized spacial score (nSPS) is 13.1. The van der Waals surface area contributed by atoms with Gasteiger partial charge in [-0.2, -0.15) is 0 Å². The highest BCUT2D eigenvalue weighted by molar-refractivity contribution is 5.96. The predicted molar refractivity (Wildman–Crippen MR) is 106 cm³/mol. The van der Waals surface area contributed by atoms with Crippen molar-refractivity contribution in [3.63, 3.8) is 0 Å².